The van der Waals surface area contributed by atoms with Gasteiger partial charge in [0.15, 0.2) is 5.78 Å². The van der Waals surface area contributed by atoms with Gasteiger partial charge in [0, 0.05) is 18.2 Å². The predicted octanol–water partition coefficient (Wildman–Crippen LogP) is 3.00. The Bertz CT molecular complexity index is 956. The molecule has 0 aliphatic heterocycles. The summed E-state index contributed by atoms with van der Waals surface area (Å²) >= 11 is 0. The normalized spacial score (nSPS) is 11.4. The Balaban J connectivity index is 2.20. The summed E-state index contributed by atoms with van der Waals surface area (Å²) in [7, 11) is -0.697. The van der Waals surface area contributed by atoms with Crippen molar-refractivity contribution in [3.05, 3.63) is 53.1 Å². The van der Waals surface area contributed by atoms with Crippen LogP contribution in [0.4, 0.5) is 0 Å². The van der Waals surface area contributed by atoms with E-state index in [4.69, 9.17) is 4.74 Å². The second-order valence-electron chi connectivity index (χ2n) is 7.13. The average Bonchev–Trinajstić information content (AvgIpc) is 2.72. The SMILES string of the molecule is CNCCCCCCNS(=O)(=O)c1cc(C(=O)c2ccc(C)cc2)c(O)cc1OC. The van der Waals surface area contributed by atoms with E-state index in [-0.39, 0.29) is 28.5 Å². The molecule has 0 aliphatic carbocycles. The molecule has 0 heterocycles. The lowest BCUT2D eigenvalue weighted by molar-refractivity contribution is 0.103. The van der Waals surface area contributed by atoms with Crippen LogP contribution in [0.2, 0.25) is 0 Å². The molecule has 8 heteroatoms. The molecule has 30 heavy (non-hydrogen) atoms. The predicted molar refractivity (Wildman–Crippen MR) is 117 cm³/mol. The van der Waals surface area contributed by atoms with Crippen molar-refractivity contribution in [1.29, 1.82) is 0 Å². The number of sulfonamides is 1. The van der Waals surface area contributed by atoms with Crippen molar-refractivity contribution in [3.63, 3.8) is 0 Å². The molecule has 0 spiro atoms. The van der Waals surface area contributed by atoms with Gasteiger partial charge in [-0.3, -0.25) is 4.79 Å². The van der Waals surface area contributed by atoms with Crippen molar-refractivity contribution in [3.8, 4) is 11.5 Å². The van der Waals surface area contributed by atoms with Crippen molar-refractivity contribution < 1.29 is 23.1 Å². The number of hydrogen-bond donors (Lipinski definition) is 3. The van der Waals surface area contributed by atoms with Gasteiger partial charge in [-0.05, 0) is 39.4 Å². The number of ether oxygens (including phenoxy) is 1. The average molecular weight is 435 g/mol. The highest BCUT2D eigenvalue weighted by Crippen LogP contribution is 2.32. The highest BCUT2D eigenvalue weighted by Gasteiger charge is 2.24. The maximum atomic E-state index is 12.8. The Labute approximate surface area is 178 Å². The number of phenolic OH excluding ortho intramolecular Hbond substituents is 1. The van der Waals surface area contributed by atoms with Crippen LogP contribution in [-0.2, 0) is 10.0 Å². The standard InChI is InChI=1S/C22H30N2O5S/c1-16-8-10-17(11-9-16)22(26)18-14-21(20(29-3)15-19(18)25)30(27,28)24-13-7-5-4-6-12-23-2/h8-11,14-15,23-25H,4-7,12-13H2,1-3H3. The largest absolute Gasteiger partial charge is 0.507 e. The maximum absolute atomic E-state index is 12.8. The summed E-state index contributed by atoms with van der Waals surface area (Å²) in [5, 5.41) is 13.4. The molecule has 2 aromatic rings. The number of aryl methyl sites for hydroxylation is 1. The minimum Gasteiger partial charge on any atom is -0.507 e. The van der Waals surface area contributed by atoms with Gasteiger partial charge in [0.1, 0.15) is 16.4 Å². The Morgan fingerprint density at radius 3 is 2.27 bits per heavy atom. The number of rotatable bonds is 12. The summed E-state index contributed by atoms with van der Waals surface area (Å²) < 4.78 is 33.3. The number of unbranched alkanes of at least 4 members (excludes halogenated alkanes) is 3. The van der Waals surface area contributed by atoms with Crippen LogP contribution in [0, 0.1) is 6.92 Å². The molecule has 2 rings (SSSR count). The Hall–Kier alpha value is -2.42. The molecule has 0 amide bonds. The van der Waals surface area contributed by atoms with Crippen LogP contribution in [0.1, 0.15) is 47.2 Å². The lowest BCUT2D eigenvalue weighted by Gasteiger charge is -2.14. The van der Waals surface area contributed by atoms with Crippen LogP contribution >= 0.6 is 0 Å². The topological polar surface area (TPSA) is 105 Å². The van der Waals surface area contributed by atoms with Gasteiger partial charge in [-0.15, -0.1) is 0 Å². The number of methoxy groups -OCH3 is 1. The Morgan fingerprint density at radius 1 is 1.03 bits per heavy atom. The summed E-state index contributed by atoms with van der Waals surface area (Å²) in [6, 6.07) is 9.18. The van der Waals surface area contributed by atoms with Crippen molar-refractivity contribution in [2.75, 3.05) is 27.2 Å². The summed E-state index contributed by atoms with van der Waals surface area (Å²) in [5.41, 5.74) is 1.26. The molecule has 0 aliphatic rings. The molecule has 0 aromatic heterocycles. The molecule has 0 bridgehead atoms. The molecule has 0 unspecified atom stereocenters. The first-order valence-electron chi connectivity index (χ1n) is 9.96. The van der Waals surface area contributed by atoms with Gasteiger partial charge in [-0.1, -0.05) is 42.7 Å². The van der Waals surface area contributed by atoms with E-state index >= 15 is 0 Å². The number of ketones is 1. The van der Waals surface area contributed by atoms with Crippen molar-refractivity contribution in [2.24, 2.45) is 0 Å². The molecule has 0 atom stereocenters. The van der Waals surface area contributed by atoms with Gasteiger partial charge >= 0.3 is 0 Å². The molecular weight excluding hydrogens is 404 g/mol. The number of nitrogens with one attached hydrogen (secondary N) is 2. The number of carbonyl (C=O) groups is 1. The van der Waals surface area contributed by atoms with E-state index in [0.717, 1.165) is 37.4 Å². The monoisotopic (exact) mass is 434 g/mol. The minimum atomic E-state index is -3.91. The van der Waals surface area contributed by atoms with E-state index in [9.17, 15) is 18.3 Å². The molecule has 3 N–H and O–H groups in total. The quantitative estimate of drug-likeness (QED) is 0.350. The lowest BCUT2D eigenvalue weighted by atomic mass is 10.0. The van der Waals surface area contributed by atoms with Gasteiger partial charge in [0.2, 0.25) is 10.0 Å². The summed E-state index contributed by atoms with van der Waals surface area (Å²) in [6.45, 7) is 3.12. The van der Waals surface area contributed by atoms with Gasteiger partial charge < -0.3 is 15.2 Å². The van der Waals surface area contributed by atoms with E-state index in [1.54, 1.807) is 24.3 Å². The molecule has 0 fully saturated rings. The second-order valence-corrected chi connectivity index (χ2v) is 8.87. The van der Waals surface area contributed by atoms with Gasteiger partial charge in [0.05, 0.1) is 12.7 Å². The third kappa shape index (κ3) is 6.29. The number of aromatic hydroxyl groups is 1. The fourth-order valence-corrected chi connectivity index (χ4v) is 4.27. The highest BCUT2D eigenvalue weighted by atomic mass is 32.2. The smallest absolute Gasteiger partial charge is 0.244 e. The molecule has 164 valence electrons. The molecule has 0 radical (unpaired) electrons. The van der Waals surface area contributed by atoms with Gasteiger partial charge in [-0.25, -0.2) is 13.1 Å². The third-order valence-corrected chi connectivity index (χ3v) is 6.26. The molecule has 7 nitrogen and oxygen atoms in total. The first-order chi connectivity index (χ1) is 14.3. The number of benzene rings is 2. The zero-order valence-corrected chi connectivity index (χ0v) is 18.5. The molecule has 0 saturated carbocycles. The number of phenols is 1. The second kappa shape index (κ2) is 11.1. The van der Waals surface area contributed by atoms with Crippen LogP contribution in [0.5, 0.6) is 11.5 Å². The molecule has 0 saturated heterocycles. The summed E-state index contributed by atoms with van der Waals surface area (Å²) in [4.78, 5) is 12.6. The lowest BCUT2D eigenvalue weighted by Crippen LogP contribution is -2.25. The highest BCUT2D eigenvalue weighted by molar-refractivity contribution is 7.89. The van der Waals surface area contributed by atoms with E-state index in [0.29, 0.717) is 12.0 Å². The van der Waals surface area contributed by atoms with Crippen molar-refractivity contribution in [2.45, 2.75) is 37.5 Å². The summed E-state index contributed by atoms with van der Waals surface area (Å²) in [5.74, 6) is -0.813. The van der Waals surface area contributed by atoms with Gasteiger partial charge in [-0.2, -0.15) is 0 Å². The Kier molecular flexibility index (Phi) is 8.83. The number of carbonyl (C=O) groups excluding carboxylic acids is 1. The van der Waals surface area contributed by atoms with Crippen molar-refractivity contribution in [1.82, 2.24) is 10.0 Å². The van der Waals surface area contributed by atoms with Crippen LogP contribution in [-0.4, -0.2) is 46.6 Å². The van der Waals surface area contributed by atoms with Gasteiger partial charge in [0.25, 0.3) is 0 Å². The fourth-order valence-electron chi connectivity index (χ4n) is 3.03. The minimum absolute atomic E-state index is 0.0190. The van der Waals surface area contributed by atoms with E-state index < -0.39 is 15.8 Å². The number of hydrogen-bond acceptors (Lipinski definition) is 6. The van der Waals surface area contributed by atoms with E-state index in [2.05, 4.69) is 10.0 Å². The third-order valence-electron chi connectivity index (χ3n) is 4.78. The van der Waals surface area contributed by atoms with Crippen LogP contribution in [0.15, 0.2) is 41.3 Å². The van der Waals surface area contributed by atoms with Crippen LogP contribution in [0.25, 0.3) is 0 Å². The van der Waals surface area contributed by atoms with E-state index in [1.807, 2.05) is 14.0 Å². The Morgan fingerprint density at radius 2 is 1.67 bits per heavy atom. The fraction of sp³-hybridized carbons (Fsp3) is 0.409. The molecule has 2 aromatic carbocycles. The zero-order valence-electron chi connectivity index (χ0n) is 17.7. The van der Waals surface area contributed by atoms with Crippen LogP contribution < -0.4 is 14.8 Å². The van der Waals surface area contributed by atoms with Crippen LogP contribution in [0.3, 0.4) is 0 Å². The first kappa shape index (κ1) is 23.9. The summed E-state index contributed by atoms with van der Waals surface area (Å²) in [6.07, 6.45) is 3.67. The molecular formula is C22H30N2O5S. The first-order valence-corrected chi connectivity index (χ1v) is 11.4. The van der Waals surface area contributed by atoms with Crippen molar-refractivity contribution >= 4 is 15.8 Å². The maximum Gasteiger partial charge on any atom is 0.244 e. The zero-order chi connectivity index (χ0) is 22.1. The van der Waals surface area contributed by atoms with E-state index in [1.165, 1.54) is 13.2 Å².